The number of nitrogens with zero attached hydrogens (tertiary/aromatic N) is 3. The maximum absolute atomic E-state index is 12.6. The lowest BCUT2D eigenvalue weighted by molar-refractivity contribution is -0.128. The second-order valence-corrected chi connectivity index (χ2v) is 8.87. The van der Waals surface area contributed by atoms with Crippen molar-refractivity contribution in [2.45, 2.75) is 25.0 Å². The summed E-state index contributed by atoms with van der Waals surface area (Å²) >= 11 is 3.12. The van der Waals surface area contributed by atoms with Gasteiger partial charge in [-0.3, -0.25) is 4.79 Å². The molecule has 1 aliphatic rings. The van der Waals surface area contributed by atoms with Gasteiger partial charge in [0.2, 0.25) is 5.91 Å². The molecule has 3 aromatic rings. The van der Waals surface area contributed by atoms with E-state index in [9.17, 15) is 4.79 Å². The van der Waals surface area contributed by atoms with Crippen LogP contribution in [0.2, 0.25) is 0 Å². The number of thiophene rings is 1. The third-order valence-electron chi connectivity index (χ3n) is 4.73. The number of rotatable bonds is 5. The van der Waals surface area contributed by atoms with Crippen molar-refractivity contribution >= 4 is 39.2 Å². The van der Waals surface area contributed by atoms with E-state index in [4.69, 9.17) is 9.47 Å². The van der Waals surface area contributed by atoms with Gasteiger partial charge in [-0.1, -0.05) is 23.9 Å². The van der Waals surface area contributed by atoms with Gasteiger partial charge in [-0.25, -0.2) is 9.97 Å². The van der Waals surface area contributed by atoms with Crippen LogP contribution in [0.25, 0.3) is 10.2 Å². The number of carbonyl (C=O) groups excluding carboxylic acids is 1. The highest BCUT2D eigenvalue weighted by Crippen LogP contribution is 2.34. The number of ether oxygens (including phenoxy) is 2. The first-order valence-electron chi connectivity index (χ1n) is 8.99. The molecule has 6 nitrogen and oxygen atoms in total. The van der Waals surface area contributed by atoms with Crippen LogP contribution >= 0.6 is 23.1 Å². The summed E-state index contributed by atoms with van der Waals surface area (Å²) < 4.78 is 11.7. The summed E-state index contributed by atoms with van der Waals surface area (Å²) in [5.41, 5.74) is 1.19. The summed E-state index contributed by atoms with van der Waals surface area (Å²) in [6.45, 7) is 5.07. The van der Waals surface area contributed by atoms with Crippen molar-refractivity contribution in [3.8, 4) is 11.5 Å². The van der Waals surface area contributed by atoms with Crippen molar-refractivity contribution in [3.05, 3.63) is 41.0 Å². The zero-order valence-electron chi connectivity index (χ0n) is 16.0. The highest BCUT2D eigenvalue weighted by molar-refractivity contribution is 8.00. The highest BCUT2D eigenvalue weighted by atomic mass is 32.2. The predicted octanol–water partition coefficient (Wildman–Crippen LogP) is 3.70. The smallest absolute Gasteiger partial charge is 0.232 e. The van der Waals surface area contributed by atoms with Crippen LogP contribution in [0.15, 0.2) is 35.6 Å². The molecule has 146 valence electrons. The average Bonchev–Trinajstić information content (AvgIpc) is 3.00. The van der Waals surface area contributed by atoms with E-state index in [1.807, 2.05) is 24.3 Å². The average molecular weight is 416 g/mol. The van der Waals surface area contributed by atoms with Crippen molar-refractivity contribution in [3.63, 3.8) is 0 Å². The lowest BCUT2D eigenvalue weighted by Crippen LogP contribution is -2.42. The fourth-order valence-electron chi connectivity index (χ4n) is 3.06. The van der Waals surface area contributed by atoms with Crippen LogP contribution < -0.4 is 9.47 Å². The second kappa shape index (κ2) is 7.97. The molecule has 1 amide bonds. The minimum absolute atomic E-state index is 0.0313. The summed E-state index contributed by atoms with van der Waals surface area (Å²) in [5, 5.41) is 1.92. The Morgan fingerprint density at radius 2 is 2.07 bits per heavy atom. The van der Waals surface area contributed by atoms with E-state index in [-0.39, 0.29) is 12.0 Å². The van der Waals surface area contributed by atoms with E-state index < -0.39 is 0 Å². The number of aryl methyl sites for hydroxylation is 2. The Bertz CT molecular complexity index is 1020. The Balaban J connectivity index is 1.37. The monoisotopic (exact) mass is 415 g/mol. The largest absolute Gasteiger partial charge is 0.486 e. The molecule has 1 atom stereocenters. The molecule has 2 aromatic heterocycles. The summed E-state index contributed by atoms with van der Waals surface area (Å²) in [6.07, 6.45) is 1.39. The molecule has 0 aliphatic carbocycles. The second-order valence-electron chi connectivity index (χ2n) is 6.70. The molecule has 0 bridgehead atoms. The summed E-state index contributed by atoms with van der Waals surface area (Å²) in [5.74, 6) is 1.82. The van der Waals surface area contributed by atoms with Crippen LogP contribution in [0.3, 0.4) is 0 Å². The van der Waals surface area contributed by atoms with Crippen molar-refractivity contribution in [1.82, 2.24) is 14.9 Å². The molecule has 0 fully saturated rings. The Labute approximate surface area is 171 Å². The lowest BCUT2D eigenvalue weighted by atomic mass is 10.2. The molecule has 0 radical (unpaired) electrons. The highest BCUT2D eigenvalue weighted by Gasteiger charge is 2.24. The first-order chi connectivity index (χ1) is 13.5. The van der Waals surface area contributed by atoms with Crippen LogP contribution in [-0.4, -0.2) is 52.8 Å². The van der Waals surface area contributed by atoms with E-state index in [1.54, 1.807) is 29.6 Å². The topological polar surface area (TPSA) is 64.6 Å². The zero-order chi connectivity index (χ0) is 19.7. The van der Waals surface area contributed by atoms with E-state index in [1.165, 1.54) is 22.2 Å². The van der Waals surface area contributed by atoms with Crippen LogP contribution in [0, 0.1) is 13.8 Å². The quantitative estimate of drug-likeness (QED) is 0.468. The Morgan fingerprint density at radius 3 is 2.89 bits per heavy atom. The van der Waals surface area contributed by atoms with Crippen LogP contribution in [-0.2, 0) is 4.79 Å². The van der Waals surface area contributed by atoms with Gasteiger partial charge in [0.1, 0.15) is 22.8 Å². The third-order valence-corrected chi connectivity index (χ3v) is 6.82. The van der Waals surface area contributed by atoms with E-state index in [2.05, 4.69) is 23.8 Å². The molecule has 0 spiro atoms. The molecule has 8 heteroatoms. The molecule has 28 heavy (non-hydrogen) atoms. The third kappa shape index (κ3) is 3.79. The minimum atomic E-state index is -0.179. The number of thioether (sulfide) groups is 1. The summed E-state index contributed by atoms with van der Waals surface area (Å²) in [6, 6.07) is 7.58. The van der Waals surface area contributed by atoms with Gasteiger partial charge >= 0.3 is 0 Å². The van der Waals surface area contributed by atoms with Gasteiger partial charge < -0.3 is 14.4 Å². The van der Waals surface area contributed by atoms with Crippen molar-refractivity contribution < 1.29 is 14.3 Å². The number of aromatic nitrogens is 2. The van der Waals surface area contributed by atoms with Gasteiger partial charge in [0.25, 0.3) is 0 Å². The number of benzene rings is 1. The normalized spacial score (nSPS) is 15.6. The molecular formula is C20H21N3O3S2. The van der Waals surface area contributed by atoms with Crippen LogP contribution in [0.1, 0.15) is 10.4 Å². The SMILES string of the molecule is Cc1sc2ncnc(SCC(=O)N(C)C[C@H]3COc4ccccc4O3)c2c1C. The first-order valence-corrected chi connectivity index (χ1v) is 10.8. The molecule has 4 rings (SSSR count). The van der Waals surface area contributed by atoms with E-state index in [0.717, 1.165) is 26.7 Å². The van der Waals surface area contributed by atoms with Gasteiger partial charge in [-0.05, 0) is 31.5 Å². The molecule has 3 heterocycles. The molecule has 1 aromatic carbocycles. The molecule has 0 saturated heterocycles. The Kier molecular flexibility index (Phi) is 5.41. The molecule has 0 N–H and O–H groups in total. The van der Waals surface area contributed by atoms with Crippen molar-refractivity contribution in [2.24, 2.45) is 0 Å². The number of likely N-dealkylation sites (N-methyl/N-ethyl adjacent to an activating group) is 1. The van der Waals surface area contributed by atoms with Crippen molar-refractivity contribution in [2.75, 3.05) is 26.0 Å². The first kappa shape index (κ1) is 19.0. The van der Waals surface area contributed by atoms with E-state index in [0.29, 0.717) is 18.9 Å². The van der Waals surface area contributed by atoms with Gasteiger partial charge in [-0.2, -0.15) is 0 Å². The van der Waals surface area contributed by atoms with Gasteiger partial charge in [-0.15, -0.1) is 11.3 Å². The lowest BCUT2D eigenvalue weighted by Gasteiger charge is -2.29. The molecular weight excluding hydrogens is 394 g/mol. The number of hydrogen-bond acceptors (Lipinski definition) is 7. The van der Waals surface area contributed by atoms with Gasteiger partial charge in [0.15, 0.2) is 17.6 Å². The van der Waals surface area contributed by atoms with E-state index >= 15 is 0 Å². The maximum atomic E-state index is 12.6. The Hall–Kier alpha value is -2.32. The zero-order valence-corrected chi connectivity index (χ0v) is 17.6. The molecule has 1 aliphatic heterocycles. The standard InChI is InChI=1S/C20H21N3O3S2/c1-12-13(2)28-20-18(12)19(21-11-22-20)27-10-17(24)23(3)8-14-9-25-15-6-4-5-7-16(15)26-14/h4-7,11,14H,8-10H2,1-3H3/t14-/m0/s1. The minimum Gasteiger partial charge on any atom is -0.486 e. The van der Waals surface area contributed by atoms with Gasteiger partial charge in [0, 0.05) is 17.3 Å². The van der Waals surface area contributed by atoms with Gasteiger partial charge in [0.05, 0.1) is 12.3 Å². The number of hydrogen-bond donors (Lipinski definition) is 0. The fourth-order valence-corrected chi connectivity index (χ4v) is 5.12. The number of carbonyl (C=O) groups is 1. The number of fused-ring (bicyclic) bond motifs is 2. The number of para-hydroxylation sites is 2. The predicted molar refractivity (Wildman–Crippen MR) is 112 cm³/mol. The number of amides is 1. The summed E-state index contributed by atoms with van der Waals surface area (Å²) in [7, 11) is 1.79. The summed E-state index contributed by atoms with van der Waals surface area (Å²) in [4.78, 5) is 25.3. The maximum Gasteiger partial charge on any atom is 0.232 e. The Morgan fingerprint density at radius 1 is 1.29 bits per heavy atom. The van der Waals surface area contributed by atoms with Crippen molar-refractivity contribution in [1.29, 1.82) is 0 Å². The molecule has 0 saturated carbocycles. The van der Waals surface area contributed by atoms with Crippen LogP contribution in [0.4, 0.5) is 0 Å². The molecule has 0 unspecified atom stereocenters. The fraction of sp³-hybridized carbons (Fsp3) is 0.350. The van der Waals surface area contributed by atoms with Crippen LogP contribution in [0.5, 0.6) is 11.5 Å².